The molecular formula is C28H23F3N2O4S. The average molecular weight is 541 g/mol. The van der Waals surface area contributed by atoms with Crippen LogP contribution in [0.15, 0.2) is 68.8 Å². The van der Waals surface area contributed by atoms with Gasteiger partial charge in [0, 0.05) is 46.3 Å². The van der Waals surface area contributed by atoms with Crippen molar-refractivity contribution in [2.45, 2.75) is 48.7 Å². The predicted octanol–water partition coefficient (Wildman–Crippen LogP) is 5.99. The minimum absolute atomic E-state index is 0.284. The summed E-state index contributed by atoms with van der Waals surface area (Å²) in [5.74, 6) is -1.11. The molecule has 4 heterocycles. The number of benzene rings is 2. The molecule has 10 heteroatoms. The number of hydrogen-bond acceptors (Lipinski definition) is 5. The Kier molecular flexibility index (Phi) is 5.64. The molecule has 2 aromatic carbocycles. The number of carbonyl (C=O) groups is 1. The van der Waals surface area contributed by atoms with E-state index >= 15 is 0 Å². The molecule has 0 fully saturated rings. The van der Waals surface area contributed by atoms with E-state index in [4.69, 9.17) is 4.42 Å². The SMILES string of the molecule is Cc1cc2ccc3c(c2o1)[C@H](C1CN([C@H](C)C(F)(F)F)C(=O)c2c(O)c(=O)ccn21)c1ccccc1SC3. The lowest BCUT2D eigenvalue weighted by atomic mass is 9.80. The van der Waals surface area contributed by atoms with Gasteiger partial charge in [-0.05, 0) is 37.1 Å². The quantitative estimate of drug-likeness (QED) is 0.338. The second-order valence-electron chi connectivity index (χ2n) is 9.74. The Balaban J connectivity index is 1.67. The lowest BCUT2D eigenvalue weighted by molar-refractivity contribution is -0.174. The number of aromatic nitrogens is 1. The summed E-state index contributed by atoms with van der Waals surface area (Å²) in [5, 5.41) is 11.5. The molecule has 3 atom stereocenters. The first-order valence-electron chi connectivity index (χ1n) is 12.1. The molecule has 0 aliphatic carbocycles. The molecule has 2 aliphatic heterocycles. The molecule has 0 saturated carbocycles. The van der Waals surface area contributed by atoms with Crippen LogP contribution in [0, 0.1) is 6.92 Å². The molecule has 0 bridgehead atoms. The lowest BCUT2D eigenvalue weighted by Gasteiger charge is -2.43. The van der Waals surface area contributed by atoms with Gasteiger partial charge in [-0.2, -0.15) is 13.2 Å². The Morgan fingerprint density at radius 3 is 2.66 bits per heavy atom. The first-order valence-corrected chi connectivity index (χ1v) is 13.1. The maximum atomic E-state index is 13.9. The number of aromatic hydroxyl groups is 1. The molecule has 2 aromatic heterocycles. The molecule has 38 heavy (non-hydrogen) atoms. The number of carbonyl (C=O) groups excluding carboxylic acids is 1. The Morgan fingerprint density at radius 1 is 1.13 bits per heavy atom. The molecule has 1 amide bonds. The molecule has 4 aromatic rings. The van der Waals surface area contributed by atoms with Gasteiger partial charge < -0.3 is 19.0 Å². The number of rotatable bonds is 2. The van der Waals surface area contributed by atoms with Gasteiger partial charge in [0.25, 0.3) is 5.91 Å². The monoisotopic (exact) mass is 540 g/mol. The van der Waals surface area contributed by atoms with E-state index in [9.17, 15) is 27.9 Å². The number of fused-ring (bicyclic) bond motifs is 5. The Labute approximate surface area is 219 Å². The second kappa shape index (κ2) is 8.69. The van der Waals surface area contributed by atoms with E-state index in [-0.39, 0.29) is 6.54 Å². The number of alkyl halides is 3. The number of hydrogen-bond donors (Lipinski definition) is 1. The lowest BCUT2D eigenvalue weighted by Crippen LogP contribution is -2.54. The van der Waals surface area contributed by atoms with E-state index in [1.54, 1.807) is 11.8 Å². The molecule has 196 valence electrons. The van der Waals surface area contributed by atoms with Gasteiger partial charge in [0.2, 0.25) is 5.43 Å². The zero-order valence-electron chi connectivity index (χ0n) is 20.5. The zero-order chi connectivity index (χ0) is 26.9. The van der Waals surface area contributed by atoms with Crippen LogP contribution in [0.2, 0.25) is 0 Å². The maximum absolute atomic E-state index is 13.9. The van der Waals surface area contributed by atoms with E-state index in [1.807, 2.05) is 49.4 Å². The molecule has 1 unspecified atom stereocenters. The topological polar surface area (TPSA) is 75.7 Å². The Hall–Kier alpha value is -3.66. The summed E-state index contributed by atoms with van der Waals surface area (Å²) in [6.45, 7) is 2.47. The highest BCUT2D eigenvalue weighted by atomic mass is 32.2. The summed E-state index contributed by atoms with van der Waals surface area (Å²) in [5.41, 5.74) is 2.05. The van der Waals surface area contributed by atoms with Crippen molar-refractivity contribution in [3.05, 3.63) is 93.1 Å². The van der Waals surface area contributed by atoms with Crippen molar-refractivity contribution in [1.82, 2.24) is 9.47 Å². The van der Waals surface area contributed by atoms with Crippen molar-refractivity contribution in [3.63, 3.8) is 0 Å². The van der Waals surface area contributed by atoms with Crippen molar-refractivity contribution in [2.75, 3.05) is 6.54 Å². The number of thioether (sulfide) groups is 1. The van der Waals surface area contributed by atoms with Crippen LogP contribution in [0.5, 0.6) is 5.75 Å². The Bertz CT molecular complexity index is 1660. The average Bonchev–Trinajstić information content (AvgIpc) is 3.17. The standard InChI is InChI=1S/C28H23F3N2O4S/c1-14-11-16-7-8-17-13-38-21-6-4-3-5-18(21)23(22(17)26(16)37-14)19-12-33(15(2)28(29,30)31)27(36)24-25(35)20(34)9-10-32(19)24/h3-11,15,19,23,35H,12-13H2,1-2H3/t15-,19?,23+/m1/s1. The number of pyridine rings is 1. The number of amides is 1. The van der Waals surface area contributed by atoms with Gasteiger partial charge in [0.05, 0.1) is 6.04 Å². The number of aryl methyl sites for hydroxylation is 1. The Morgan fingerprint density at radius 2 is 1.89 bits per heavy atom. The normalized spacial score (nSPS) is 20.0. The van der Waals surface area contributed by atoms with Gasteiger partial charge in [-0.1, -0.05) is 30.3 Å². The molecule has 0 radical (unpaired) electrons. The molecule has 1 N–H and O–H groups in total. The molecular weight excluding hydrogens is 517 g/mol. The van der Waals surface area contributed by atoms with Crippen LogP contribution in [0.3, 0.4) is 0 Å². The molecule has 0 saturated heterocycles. The fourth-order valence-corrected chi connectivity index (χ4v) is 6.75. The van der Waals surface area contributed by atoms with Gasteiger partial charge in [0.15, 0.2) is 11.4 Å². The maximum Gasteiger partial charge on any atom is 0.408 e. The van der Waals surface area contributed by atoms with E-state index in [0.29, 0.717) is 22.0 Å². The van der Waals surface area contributed by atoms with Crippen LogP contribution in [-0.2, 0) is 5.75 Å². The summed E-state index contributed by atoms with van der Waals surface area (Å²) in [6, 6.07) is 11.8. The summed E-state index contributed by atoms with van der Waals surface area (Å²) in [6.07, 6.45) is -3.31. The highest BCUT2D eigenvalue weighted by Crippen LogP contribution is 2.50. The fraction of sp³-hybridized carbons (Fsp3) is 0.286. The van der Waals surface area contributed by atoms with Gasteiger partial charge in [-0.3, -0.25) is 9.59 Å². The van der Waals surface area contributed by atoms with Gasteiger partial charge in [0.1, 0.15) is 17.4 Å². The third-order valence-corrected chi connectivity index (χ3v) is 8.66. The fourth-order valence-electron chi connectivity index (χ4n) is 5.65. The first kappa shape index (κ1) is 24.7. The number of nitrogens with zero attached hydrogens (tertiary/aromatic N) is 2. The summed E-state index contributed by atoms with van der Waals surface area (Å²) in [4.78, 5) is 27.4. The van der Waals surface area contributed by atoms with Crippen molar-refractivity contribution in [3.8, 4) is 5.75 Å². The highest BCUT2D eigenvalue weighted by Gasteiger charge is 2.48. The van der Waals surface area contributed by atoms with Crippen molar-refractivity contribution < 1.29 is 27.5 Å². The largest absolute Gasteiger partial charge is 0.503 e. The van der Waals surface area contributed by atoms with Crippen LogP contribution in [-0.4, -0.2) is 39.2 Å². The van der Waals surface area contributed by atoms with E-state index in [0.717, 1.165) is 40.0 Å². The van der Waals surface area contributed by atoms with Crippen LogP contribution < -0.4 is 5.43 Å². The molecule has 6 rings (SSSR count). The number of furan rings is 1. The zero-order valence-corrected chi connectivity index (χ0v) is 21.3. The van der Waals surface area contributed by atoms with Crippen LogP contribution in [0.4, 0.5) is 13.2 Å². The van der Waals surface area contributed by atoms with E-state index < -0.39 is 47.0 Å². The van der Waals surface area contributed by atoms with Crippen LogP contribution in [0.1, 0.15) is 51.8 Å². The third kappa shape index (κ3) is 3.73. The van der Waals surface area contributed by atoms with Gasteiger partial charge in [-0.25, -0.2) is 0 Å². The third-order valence-electron chi connectivity index (χ3n) is 7.52. The van der Waals surface area contributed by atoms with Gasteiger partial charge in [-0.15, -0.1) is 11.8 Å². The van der Waals surface area contributed by atoms with Crippen molar-refractivity contribution in [1.29, 1.82) is 0 Å². The number of halogens is 3. The van der Waals surface area contributed by atoms with Crippen LogP contribution in [0.25, 0.3) is 11.0 Å². The summed E-state index contributed by atoms with van der Waals surface area (Å²) in [7, 11) is 0. The van der Waals surface area contributed by atoms with Gasteiger partial charge >= 0.3 is 6.18 Å². The molecule has 2 aliphatic rings. The van der Waals surface area contributed by atoms with E-state index in [2.05, 4.69) is 0 Å². The smallest absolute Gasteiger partial charge is 0.408 e. The van der Waals surface area contributed by atoms with Crippen molar-refractivity contribution in [2.24, 2.45) is 0 Å². The molecule has 0 spiro atoms. The highest BCUT2D eigenvalue weighted by molar-refractivity contribution is 7.98. The minimum Gasteiger partial charge on any atom is -0.503 e. The molecule has 6 nitrogen and oxygen atoms in total. The van der Waals surface area contributed by atoms with Crippen molar-refractivity contribution >= 4 is 28.6 Å². The minimum atomic E-state index is -4.70. The first-order chi connectivity index (χ1) is 18.1. The van der Waals surface area contributed by atoms with Crippen LogP contribution >= 0.6 is 11.8 Å². The van der Waals surface area contributed by atoms with E-state index in [1.165, 1.54) is 10.8 Å². The summed E-state index contributed by atoms with van der Waals surface area (Å²) >= 11 is 1.62. The second-order valence-corrected chi connectivity index (χ2v) is 10.8. The predicted molar refractivity (Wildman–Crippen MR) is 137 cm³/mol. The summed E-state index contributed by atoms with van der Waals surface area (Å²) < 4.78 is 49.5.